The molecule has 2 heterocycles. The van der Waals surface area contributed by atoms with Gasteiger partial charge in [0.05, 0.1) is 12.1 Å². The Kier molecular flexibility index (Phi) is 5.46. The first-order chi connectivity index (χ1) is 14.8. The lowest BCUT2D eigenvalue weighted by Gasteiger charge is -2.05. The van der Waals surface area contributed by atoms with Gasteiger partial charge in [0.1, 0.15) is 5.69 Å². The summed E-state index contributed by atoms with van der Waals surface area (Å²) in [5, 5.41) is 5.84. The summed E-state index contributed by atoms with van der Waals surface area (Å²) in [6, 6.07) is 6.12. The van der Waals surface area contributed by atoms with Crippen molar-refractivity contribution in [2.75, 3.05) is 0 Å². The zero-order chi connectivity index (χ0) is 22.1. The maximum atomic E-state index is 13.9. The molecule has 2 N–H and O–H groups in total. The van der Waals surface area contributed by atoms with Crippen molar-refractivity contribution in [2.45, 2.75) is 19.4 Å². The maximum Gasteiger partial charge on any atom is 0.220 e. The van der Waals surface area contributed by atoms with Crippen LogP contribution in [0.15, 0.2) is 28.8 Å². The fourth-order valence-corrected chi connectivity index (χ4v) is 2.86. The summed E-state index contributed by atoms with van der Waals surface area (Å²) in [5.41, 5.74) is 1.25. The third-order valence-corrected chi connectivity index (χ3v) is 4.44. The number of aryl methyl sites for hydroxylation is 1. The number of benzene rings is 2. The summed E-state index contributed by atoms with van der Waals surface area (Å²) in [6.07, 6.45) is 0.486. The Labute approximate surface area is 170 Å². The first-order valence-electron chi connectivity index (χ1n) is 8.81. The van der Waals surface area contributed by atoms with Gasteiger partial charge in [-0.1, -0.05) is 11.2 Å². The lowest BCUT2D eigenvalue weighted by atomic mass is 10.1. The Morgan fingerprint density at radius 3 is 2.35 bits per heavy atom. The number of halogens is 5. The van der Waals surface area contributed by atoms with Crippen LogP contribution in [0.3, 0.4) is 0 Å². The molecule has 0 radical (unpaired) electrons. The second kappa shape index (κ2) is 8.22. The summed E-state index contributed by atoms with van der Waals surface area (Å²) < 4.78 is 72.4. The van der Waals surface area contributed by atoms with Gasteiger partial charge in [-0.3, -0.25) is 4.79 Å². The standard InChI is InChI=1S/C19H12F5N3O4/c20-15-14(16(21)18(23)19(24)17(15)22)10-6-9(29-26-10)7-25-13(28)4-2-8-1-3-11-12(5-8)31-27-30-11/h1,3,5-6,27H,2,4,7H2,(H,25,28). The van der Waals surface area contributed by atoms with Crippen molar-refractivity contribution in [1.29, 1.82) is 0 Å². The molecular formula is C19H12F5N3O4. The molecule has 1 amide bonds. The van der Waals surface area contributed by atoms with E-state index in [4.69, 9.17) is 14.2 Å². The smallest absolute Gasteiger partial charge is 0.220 e. The van der Waals surface area contributed by atoms with Crippen molar-refractivity contribution in [1.82, 2.24) is 16.1 Å². The van der Waals surface area contributed by atoms with Crippen molar-refractivity contribution in [3.63, 3.8) is 0 Å². The third kappa shape index (κ3) is 4.01. The minimum Gasteiger partial charge on any atom is -0.370 e. The van der Waals surface area contributed by atoms with Crippen molar-refractivity contribution >= 4 is 5.91 Å². The number of nitrogens with zero attached hydrogens (tertiary/aromatic N) is 1. The third-order valence-electron chi connectivity index (χ3n) is 4.44. The molecule has 1 aliphatic rings. The van der Waals surface area contributed by atoms with Crippen LogP contribution < -0.4 is 20.6 Å². The fraction of sp³-hybridized carbons (Fsp3) is 0.158. The van der Waals surface area contributed by atoms with Crippen molar-refractivity contribution in [2.24, 2.45) is 0 Å². The molecule has 0 bridgehead atoms. The molecule has 0 fully saturated rings. The molecule has 0 saturated heterocycles. The van der Waals surface area contributed by atoms with Crippen LogP contribution in [0.2, 0.25) is 0 Å². The first kappa shape index (κ1) is 20.6. The minimum absolute atomic E-state index is 0.0403. The van der Waals surface area contributed by atoms with Crippen molar-refractivity contribution < 1.29 is 40.9 Å². The second-order valence-electron chi connectivity index (χ2n) is 6.47. The summed E-state index contributed by atoms with van der Waals surface area (Å²) in [5.74, 6) is -9.92. The summed E-state index contributed by atoms with van der Waals surface area (Å²) >= 11 is 0. The van der Waals surface area contributed by atoms with E-state index in [1.165, 1.54) is 0 Å². The Bertz CT molecular complexity index is 1140. The zero-order valence-corrected chi connectivity index (χ0v) is 15.4. The number of carbonyl (C=O) groups excluding carboxylic acids is 1. The van der Waals surface area contributed by atoms with E-state index in [0.717, 1.165) is 11.6 Å². The molecule has 4 rings (SSSR count). The molecule has 31 heavy (non-hydrogen) atoms. The van der Waals surface area contributed by atoms with Gasteiger partial charge >= 0.3 is 0 Å². The van der Waals surface area contributed by atoms with Crippen LogP contribution in [-0.2, 0) is 17.8 Å². The van der Waals surface area contributed by atoms with E-state index in [2.05, 4.69) is 16.1 Å². The number of hydrogen-bond donors (Lipinski definition) is 2. The number of nitrogens with one attached hydrogen (secondary N) is 2. The second-order valence-corrected chi connectivity index (χ2v) is 6.47. The Morgan fingerprint density at radius 1 is 0.935 bits per heavy atom. The van der Waals surface area contributed by atoms with Crippen LogP contribution in [0.1, 0.15) is 17.7 Å². The fourth-order valence-electron chi connectivity index (χ4n) is 2.86. The van der Waals surface area contributed by atoms with Crippen LogP contribution in [-0.4, -0.2) is 11.1 Å². The van der Waals surface area contributed by atoms with E-state index in [0.29, 0.717) is 17.9 Å². The minimum atomic E-state index is -2.27. The van der Waals surface area contributed by atoms with E-state index in [9.17, 15) is 26.7 Å². The number of amides is 1. The number of rotatable bonds is 6. The van der Waals surface area contributed by atoms with Gasteiger partial charge in [0.25, 0.3) is 0 Å². The average molecular weight is 441 g/mol. The summed E-state index contributed by atoms with van der Waals surface area (Å²) in [7, 11) is 0. The van der Waals surface area contributed by atoms with Gasteiger partial charge in [-0.15, -0.1) is 0 Å². The number of fused-ring (bicyclic) bond motifs is 1. The van der Waals surface area contributed by atoms with E-state index in [1.54, 1.807) is 18.2 Å². The van der Waals surface area contributed by atoms with Crippen LogP contribution >= 0.6 is 0 Å². The van der Waals surface area contributed by atoms with Gasteiger partial charge in [0.15, 0.2) is 40.5 Å². The number of hydrogen-bond acceptors (Lipinski definition) is 6. The summed E-state index contributed by atoms with van der Waals surface area (Å²) in [4.78, 5) is 22.0. The van der Waals surface area contributed by atoms with Gasteiger partial charge in [-0.25, -0.2) is 22.0 Å². The highest BCUT2D eigenvalue weighted by Gasteiger charge is 2.28. The Morgan fingerprint density at radius 2 is 1.61 bits per heavy atom. The summed E-state index contributed by atoms with van der Waals surface area (Å²) in [6.45, 7) is -0.202. The molecule has 162 valence electrons. The van der Waals surface area contributed by atoms with Gasteiger partial charge in [-0.05, 0) is 24.1 Å². The molecule has 2 aromatic carbocycles. The molecule has 1 aromatic heterocycles. The average Bonchev–Trinajstić information content (AvgIpc) is 3.42. The molecule has 0 atom stereocenters. The van der Waals surface area contributed by atoms with Gasteiger partial charge < -0.3 is 19.5 Å². The monoisotopic (exact) mass is 441 g/mol. The lowest BCUT2D eigenvalue weighted by molar-refractivity contribution is -0.121. The van der Waals surface area contributed by atoms with Gasteiger partial charge in [0, 0.05) is 18.1 Å². The van der Waals surface area contributed by atoms with Crippen molar-refractivity contribution in [3.05, 3.63) is 64.7 Å². The molecule has 0 saturated carbocycles. The van der Waals surface area contributed by atoms with Crippen molar-refractivity contribution in [3.8, 4) is 22.8 Å². The van der Waals surface area contributed by atoms with E-state index >= 15 is 0 Å². The largest absolute Gasteiger partial charge is 0.370 e. The van der Waals surface area contributed by atoms with E-state index in [1.807, 2.05) is 0 Å². The molecule has 3 aromatic rings. The topological polar surface area (TPSA) is 85.6 Å². The van der Waals surface area contributed by atoms with Crippen LogP contribution in [0.25, 0.3) is 11.3 Å². The number of carbonyl (C=O) groups is 1. The van der Waals surface area contributed by atoms with Crippen LogP contribution in [0.4, 0.5) is 22.0 Å². The molecular weight excluding hydrogens is 429 g/mol. The molecule has 1 aliphatic heterocycles. The van der Waals surface area contributed by atoms with Crippen LogP contribution in [0, 0.1) is 29.1 Å². The molecule has 0 unspecified atom stereocenters. The molecule has 0 aliphatic carbocycles. The highest BCUT2D eigenvalue weighted by molar-refractivity contribution is 5.76. The number of aromatic nitrogens is 1. The predicted octanol–water partition coefficient (Wildman–Crippen LogP) is 3.48. The Balaban J connectivity index is 1.37. The quantitative estimate of drug-likeness (QED) is 0.346. The van der Waals surface area contributed by atoms with E-state index < -0.39 is 40.3 Å². The SMILES string of the molecule is O=C(CCc1ccc2c(c1)ONO2)NCc1cc(-c2c(F)c(F)c(F)c(F)c2F)no1. The van der Waals surface area contributed by atoms with Gasteiger partial charge in [-0.2, -0.15) is 0 Å². The van der Waals surface area contributed by atoms with Gasteiger partial charge in [0.2, 0.25) is 11.7 Å². The highest BCUT2D eigenvalue weighted by atomic mass is 19.2. The maximum absolute atomic E-state index is 13.9. The zero-order valence-electron chi connectivity index (χ0n) is 15.4. The lowest BCUT2D eigenvalue weighted by Crippen LogP contribution is -2.22. The van der Waals surface area contributed by atoms with Crippen LogP contribution in [0.5, 0.6) is 11.5 Å². The first-order valence-corrected chi connectivity index (χ1v) is 8.81. The Hall–Kier alpha value is -3.67. The molecule has 7 nitrogen and oxygen atoms in total. The normalized spacial score (nSPS) is 12.3. The molecule has 0 spiro atoms. The highest BCUT2D eigenvalue weighted by Crippen LogP contribution is 2.32. The van der Waals surface area contributed by atoms with E-state index in [-0.39, 0.29) is 24.6 Å². The molecule has 12 heteroatoms. The predicted molar refractivity (Wildman–Crippen MR) is 92.7 cm³/mol.